The number of hydrogen-bond donors (Lipinski definition) is 1. The minimum absolute atomic E-state index is 0.154. The Hall–Kier alpha value is -1.13. The number of ether oxygens (including phenoxy) is 1. The second-order valence-corrected chi connectivity index (χ2v) is 6.71. The van der Waals surface area contributed by atoms with Gasteiger partial charge in [0.2, 0.25) is 0 Å². The SMILES string of the molecule is CN(C1CCCCC1)[C@H]1CC[C@H](Oc2cccc(F)c2)[C@@H]1O. The minimum atomic E-state index is -0.504. The Kier molecular flexibility index (Phi) is 4.99. The van der Waals surface area contributed by atoms with E-state index in [2.05, 4.69) is 11.9 Å². The number of benzene rings is 1. The molecule has 2 fully saturated rings. The van der Waals surface area contributed by atoms with Crippen molar-refractivity contribution in [1.29, 1.82) is 0 Å². The van der Waals surface area contributed by atoms with E-state index in [1.807, 2.05) is 0 Å². The molecule has 2 aliphatic carbocycles. The number of hydrogen-bond acceptors (Lipinski definition) is 3. The third-order valence-corrected chi connectivity index (χ3v) is 5.28. The standard InChI is InChI=1S/C18H26FNO2/c1-20(14-7-3-2-4-8-14)16-10-11-17(18(16)21)22-15-9-5-6-13(19)12-15/h5-6,9,12,14,16-18,21H,2-4,7-8,10-11H2,1H3/t16-,17-,18+/m0/s1. The number of aliphatic hydroxyl groups is 1. The molecule has 22 heavy (non-hydrogen) atoms. The van der Waals surface area contributed by atoms with Crippen LogP contribution in [0, 0.1) is 5.82 Å². The third-order valence-electron chi connectivity index (χ3n) is 5.28. The molecule has 0 radical (unpaired) electrons. The molecule has 122 valence electrons. The van der Waals surface area contributed by atoms with E-state index < -0.39 is 6.10 Å². The van der Waals surface area contributed by atoms with Crippen molar-refractivity contribution < 1.29 is 14.2 Å². The van der Waals surface area contributed by atoms with Gasteiger partial charge >= 0.3 is 0 Å². The highest BCUT2D eigenvalue weighted by Crippen LogP contribution is 2.32. The fourth-order valence-corrected chi connectivity index (χ4v) is 3.97. The van der Waals surface area contributed by atoms with Gasteiger partial charge in [-0.3, -0.25) is 4.90 Å². The van der Waals surface area contributed by atoms with Gasteiger partial charge in [-0.15, -0.1) is 0 Å². The molecular weight excluding hydrogens is 281 g/mol. The molecule has 4 heteroatoms. The van der Waals surface area contributed by atoms with Crippen LogP contribution in [0.4, 0.5) is 4.39 Å². The number of halogens is 1. The van der Waals surface area contributed by atoms with Gasteiger partial charge in [-0.25, -0.2) is 4.39 Å². The molecule has 2 aliphatic rings. The number of rotatable bonds is 4. The highest BCUT2D eigenvalue weighted by Gasteiger charge is 2.40. The Balaban J connectivity index is 1.60. The molecule has 0 aliphatic heterocycles. The predicted molar refractivity (Wildman–Crippen MR) is 84.5 cm³/mol. The summed E-state index contributed by atoms with van der Waals surface area (Å²) in [6, 6.07) is 6.90. The molecule has 3 nitrogen and oxygen atoms in total. The van der Waals surface area contributed by atoms with Gasteiger partial charge in [0, 0.05) is 18.2 Å². The summed E-state index contributed by atoms with van der Waals surface area (Å²) in [6.45, 7) is 0. The van der Waals surface area contributed by atoms with Crippen molar-refractivity contribution in [2.24, 2.45) is 0 Å². The van der Waals surface area contributed by atoms with Crippen molar-refractivity contribution in [3.63, 3.8) is 0 Å². The van der Waals surface area contributed by atoms with E-state index in [-0.39, 0.29) is 18.0 Å². The molecule has 0 amide bonds. The molecule has 3 rings (SSSR count). The van der Waals surface area contributed by atoms with Crippen molar-refractivity contribution in [3.8, 4) is 5.75 Å². The van der Waals surface area contributed by atoms with Gasteiger partial charge in [0.25, 0.3) is 0 Å². The van der Waals surface area contributed by atoms with E-state index in [0.29, 0.717) is 11.8 Å². The van der Waals surface area contributed by atoms with E-state index in [0.717, 1.165) is 12.8 Å². The first kappa shape index (κ1) is 15.8. The monoisotopic (exact) mass is 307 g/mol. The second-order valence-electron chi connectivity index (χ2n) is 6.71. The van der Waals surface area contributed by atoms with Crippen LogP contribution in [-0.2, 0) is 0 Å². The van der Waals surface area contributed by atoms with Gasteiger partial charge in [0.05, 0.1) is 0 Å². The van der Waals surface area contributed by atoms with Gasteiger partial charge in [-0.05, 0) is 44.9 Å². The van der Waals surface area contributed by atoms with Crippen LogP contribution in [0.15, 0.2) is 24.3 Å². The van der Waals surface area contributed by atoms with Gasteiger partial charge in [0.15, 0.2) is 0 Å². The van der Waals surface area contributed by atoms with Crippen molar-refractivity contribution in [2.75, 3.05) is 7.05 Å². The molecule has 0 heterocycles. The molecular formula is C18H26FNO2. The van der Waals surface area contributed by atoms with E-state index >= 15 is 0 Å². The van der Waals surface area contributed by atoms with E-state index in [1.54, 1.807) is 12.1 Å². The lowest BCUT2D eigenvalue weighted by atomic mass is 9.93. The lowest BCUT2D eigenvalue weighted by Crippen LogP contribution is -2.47. The topological polar surface area (TPSA) is 32.7 Å². The summed E-state index contributed by atoms with van der Waals surface area (Å²) in [5.74, 6) is 0.200. The Morgan fingerprint density at radius 3 is 2.64 bits per heavy atom. The molecule has 3 atom stereocenters. The average Bonchev–Trinajstić information content (AvgIpc) is 2.89. The summed E-state index contributed by atoms with van der Waals surface area (Å²) in [4.78, 5) is 2.36. The van der Waals surface area contributed by atoms with Crippen LogP contribution in [0.25, 0.3) is 0 Å². The first-order valence-electron chi connectivity index (χ1n) is 8.47. The first-order valence-corrected chi connectivity index (χ1v) is 8.47. The molecule has 1 aromatic carbocycles. The quantitative estimate of drug-likeness (QED) is 0.926. The Morgan fingerprint density at radius 1 is 1.14 bits per heavy atom. The number of aliphatic hydroxyl groups excluding tert-OH is 1. The number of likely N-dealkylation sites (N-methyl/N-ethyl adjacent to an activating group) is 1. The van der Waals surface area contributed by atoms with Gasteiger partial charge in [-0.2, -0.15) is 0 Å². The van der Waals surface area contributed by atoms with Crippen LogP contribution in [0.1, 0.15) is 44.9 Å². The van der Waals surface area contributed by atoms with Crippen LogP contribution >= 0.6 is 0 Å². The summed E-state index contributed by atoms with van der Waals surface area (Å²) in [7, 11) is 2.13. The molecule has 1 aromatic rings. The zero-order valence-corrected chi connectivity index (χ0v) is 13.2. The fraction of sp³-hybridized carbons (Fsp3) is 0.667. The molecule has 0 unspecified atom stereocenters. The maximum absolute atomic E-state index is 13.2. The Labute approximate surface area is 132 Å². The van der Waals surface area contributed by atoms with Crippen molar-refractivity contribution in [1.82, 2.24) is 4.90 Å². The fourth-order valence-electron chi connectivity index (χ4n) is 3.97. The summed E-state index contributed by atoms with van der Waals surface area (Å²) in [5, 5.41) is 10.6. The van der Waals surface area contributed by atoms with Crippen LogP contribution in [0.3, 0.4) is 0 Å². The van der Waals surface area contributed by atoms with Crippen LogP contribution in [-0.4, -0.2) is 41.3 Å². The van der Waals surface area contributed by atoms with Gasteiger partial charge in [-0.1, -0.05) is 25.3 Å². The minimum Gasteiger partial charge on any atom is -0.488 e. The van der Waals surface area contributed by atoms with Crippen molar-refractivity contribution in [2.45, 2.75) is 69.2 Å². The van der Waals surface area contributed by atoms with Crippen molar-refractivity contribution in [3.05, 3.63) is 30.1 Å². The lowest BCUT2D eigenvalue weighted by Gasteiger charge is -2.37. The average molecular weight is 307 g/mol. The summed E-state index contributed by atoms with van der Waals surface area (Å²) in [5.41, 5.74) is 0. The van der Waals surface area contributed by atoms with Crippen LogP contribution in [0.5, 0.6) is 5.75 Å². The maximum atomic E-state index is 13.2. The van der Waals surface area contributed by atoms with Gasteiger partial charge in [0.1, 0.15) is 23.8 Å². The number of nitrogens with zero attached hydrogens (tertiary/aromatic N) is 1. The summed E-state index contributed by atoms with van der Waals surface area (Å²) < 4.78 is 19.1. The largest absolute Gasteiger partial charge is 0.488 e. The molecule has 0 bridgehead atoms. The molecule has 1 N–H and O–H groups in total. The zero-order valence-electron chi connectivity index (χ0n) is 13.2. The van der Waals surface area contributed by atoms with E-state index in [9.17, 15) is 9.50 Å². The van der Waals surface area contributed by atoms with Gasteiger partial charge < -0.3 is 9.84 Å². The third kappa shape index (κ3) is 3.44. The van der Waals surface area contributed by atoms with Crippen molar-refractivity contribution >= 4 is 0 Å². The summed E-state index contributed by atoms with van der Waals surface area (Å²) in [6.07, 6.45) is 7.40. The molecule has 0 aromatic heterocycles. The van der Waals surface area contributed by atoms with Crippen LogP contribution in [0.2, 0.25) is 0 Å². The summed E-state index contributed by atoms with van der Waals surface area (Å²) >= 11 is 0. The highest BCUT2D eigenvalue weighted by atomic mass is 19.1. The second kappa shape index (κ2) is 6.97. The lowest BCUT2D eigenvalue weighted by molar-refractivity contribution is 0.000730. The molecule has 2 saturated carbocycles. The zero-order chi connectivity index (χ0) is 15.5. The Bertz CT molecular complexity index is 490. The maximum Gasteiger partial charge on any atom is 0.126 e. The smallest absolute Gasteiger partial charge is 0.126 e. The Morgan fingerprint density at radius 2 is 1.91 bits per heavy atom. The van der Waals surface area contributed by atoms with Crippen LogP contribution < -0.4 is 4.74 Å². The molecule has 0 saturated heterocycles. The first-order chi connectivity index (χ1) is 10.6. The van der Waals surface area contributed by atoms with E-state index in [1.165, 1.54) is 44.2 Å². The van der Waals surface area contributed by atoms with E-state index in [4.69, 9.17) is 4.74 Å². The normalized spacial score (nSPS) is 29.9. The predicted octanol–water partition coefficient (Wildman–Crippen LogP) is 3.36. The molecule has 0 spiro atoms. The highest BCUT2D eigenvalue weighted by molar-refractivity contribution is 5.23.